The van der Waals surface area contributed by atoms with Crippen molar-refractivity contribution in [1.82, 2.24) is 15.6 Å². The third-order valence-electron chi connectivity index (χ3n) is 4.97. The average Bonchev–Trinajstić information content (AvgIpc) is 3.14. The van der Waals surface area contributed by atoms with E-state index in [4.69, 9.17) is 0 Å². The van der Waals surface area contributed by atoms with E-state index in [1.165, 1.54) is 25.7 Å². The number of piperidine rings is 1. The van der Waals surface area contributed by atoms with Gasteiger partial charge in [-0.3, -0.25) is 4.79 Å². The second-order valence-electron chi connectivity index (χ2n) is 6.73. The number of hydrogen-bond donors (Lipinski definition) is 2. The van der Waals surface area contributed by atoms with Gasteiger partial charge in [0.05, 0.1) is 0 Å². The number of aromatic nitrogens is 1. The molecule has 2 N–H and O–H groups in total. The Kier molecular flexibility index (Phi) is 5.86. The number of anilines is 1. The molecule has 2 aliphatic rings. The van der Waals surface area contributed by atoms with E-state index in [9.17, 15) is 4.79 Å². The largest absolute Gasteiger partial charge is 0.357 e. The molecule has 126 valence electrons. The zero-order valence-electron chi connectivity index (χ0n) is 13.9. The molecule has 5 nitrogen and oxygen atoms in total. The number of nitrogens with zero attached hydrogens (tertiary/aromatic N) is 2. The van der Waals surface area contributed by atoms with Crippen molar-refractivity contribution in [2.75, 3.05) is 31.1 Å². The normalized spacial score (nSPS) is 19.0. The summed E-state index contributed by atoms with van der Waals surface area (Å²) in [5.74, 6) is 1.93. The summed E-state index contributed by atoms with van der Waals surface area (Å²) in [7, 11) is 0. The highest BCUT2D eigenvalue weighted by Crippen LogP contribution is 2.19. The predicted octanol–water partition coefficient (Wildman–Crippen LogP) is 2.08. The van der Waals surface area contributed by atoms with Crippen LogP contribution in [0.2, 0.25) is 0 Å². The molecule has 3 heterocycles. The number of pyridine rings is 1. The van der Waals surface area contributed by atoms with E-state index in [-0.39, 0.29) is 5.91 Å². The third kappa shape index (κ3) is 4.93. The molecule has 0 spiro atoms. The number of nitrogens with one attached hydrogen (secondary N) is 2. The van der Waals surface area contributed by atoms with Crippen LogP contribution in [0.3, 0.4) is 0 Å². The van der Waals surface area contributed by atoms with Gasteiger partial charge in [-0.25, -0.2) is 4.98 Å². The number of rotatable bonds is 6. The standard InChI is InChI=1S/C18H28N4O/c23-18(4-3-15-5-8-19-9-6-15)21-14-16-7-10-20-17(13-16)22-11-1-2-12-22/h7,10,13,15,19H,1-6,8-9,11-12,14H2,(H,21,23). The third-order valence-corrected chi connectivity index (χ3v) is 4.97. The lowest BCUT2D eigenvalue weighted by Crippen LogP contribution is -2.29. The Hall–Kier alpha value is -1.62. The summed E-state index contributed by atoms with van der Waals surface area (Å²) in [5, 5.41) is 6.42. The molecule has 5 heteroatoms. The monoisotopic (exact) mass is 316 g/mol. The molecule has 0 unspecified atom stereocenters. The number of carbonyl (C=O) groups excluding carboxylic acids is 1. The average molecular weight is 316 g/mol. The highest BCUT2D eigenvalue weighted by Gasteiger charge is 2.15. The fourth-order valence-corrected chi connectivity index (χ4v) is 3.48. The maximum Gasteiger partial charge on any atom is 0.220 e. The van der Waals surface area contributed by atoms with Crippen LogP contribution in [-0.4, -0.2) is 37.1 Å². The van der Waals surface area contributed by atoms with Gasteiger partial charge in [-0.2, -0.15) is 0 Å². The van der Waals surface area contributed by atoms with Gasteiger partial charge in [0.1, 0.15) is 5.82 Å². The Balaban J connectivity index is 1.42. The highest BCUT2D eigenvalue weighted by atomic mass is 16.1. The van der Waals surface area contributed by atoms with Gasteiger partial charge in [0, 0.05) is 32.3 Å². The molecule has 23 heavy (non-hydrogen) atoms. The topological polar surface area (TPSA) is 57.3 Å². The Bertz CT molecular complexity index is 507. The maximum atomic E-state index is 12.0. The molecule has 2 aliphatic heterocycles. The summed E-state index contributed by atoms with van der Waals surface area (Å²) in [6.07, 6.45) is 8.42. The first-order valence-electron chi connectivity index (χ1n) is 8.98. The van der Waals surface area contributed by atoms with Crippen molar-refractivity contribution in [2.45, 2.75) is 45.1 Å². The first-order valence-corrected chi connectivity index (χ1v) is 8.98. The van der Waals surface area contributed by atoms with Crippen molar-refractivity contribution >= 4 is 11.7 Å². The summed E-state index contributed by atoms with van der Waals surface area (Å²) in [5.41, 5.74) is 1.14. The predicted molar refractivity (Wildman–Crippen MR) is 92.4 cm³/mol. The Morgan fingerprint density at radius 2 is 2.09 bits per heavy atom. The van der Waals surface area contributed by atoms with Crippen LogP contribution in [0.25, 0.3) is 0 Å². The van der Waals surface area contributed by atoms with Crippen LogP contribution >= 0.6 is 0 Å². The Morgan fingerprint density at radius 1 is 1.30 bits per heavy atom. The summed E-state index contributed by atoms with van der Waals surface area (Å²) < 4.78 is 0. The van der Waals surface area contributed by atoms with E-state index >= 15 is 0 Å². The molecular formula is C18H28N4O. The molecule has 1 aromatic rings. The van der Waals surface area contributed by atoms with Crippen molar-refractivity contribution in [3.63, 3.8) is 0 Å². The van der Waals surface area contributed by atoms with Crippen LogP contribution < -0.4 is 15.5 Å². The smallest absolute Gasteiger partial charge is 0.220 e. The molecule has 0 saturated carbocycles. The van der Waals surface area contributed by atoms with E-state index in [0.717, 1.165) is 44.0 Å². The van der Waals surface area contributed by atoms with Crippen molar-refractivity contribution in [3.8, 4) is 0 Å². The minimum atomic E-state index is 0.170. The summed E-state index contributed by atoms with van der Waals surface area (Å²) >= 11 is 0. The van der Waals surface area contributed by atoms with Crippen LogP contribution in [0.1, 0.15) is 44.1 Å². The van der Waals surface area contributed by atoms with E-state index in [1.807, 2.05) is 12.3 Å². The zero-order valence-corrected chi connectivity index (χ0v) is 13.9. The van der Waals surface area contributed by atoms with Gasteiger partial charge >= 0.3 is 0 Å². The second kappa shape index (κ2) is 8.29. The van der Waals surface area contributed by atoms with Crippen LogP contribution in [0.15, 0.2) is 18.3 Å². The molecule has 1 amide bonds. The fourth-order valence-electron chi connectivity index (χ4n) is 3.48. The fraction of sp³-hybridized carbons (Fsp3) is 0.667. The SMILES string of the molecule is O=C(CCC1CCNCC1)NCc1ccnc(N2CCCC2)c1. The molecule has 1 aromatic heterocycles. The van der Waals surface area contributed by atoms with Gasteiger partial charge in [-0.15, -0.1) is 0 Å². The van der Waals surface area contributed by atoms with Crippen LogP contribution in [-0.2, 0) is 11.3 Å². The van der Waals surface area contributed by atoms with E-state index in [1.54, 1.807) is 0 Å². The van der Waals surface area contributed by atoms with Crippen LogP contribution in [0.4, 0.5) is 5.82 Å². The lowest BCUT2D eigenvalue weighted by Gasteiger charge is -2.22. The summed E-state index contributed by atoms with van der Waals surface area (Å²) in [6.45, 7) is 5.00. The molecule has 0 atom stereocenters. The molecule has 0 aliphatic carbocycles. The molecular weight excluding hydrogens is 288 g/mol. The molecule has 2 saturated heterocycles. The molecule has 3 rings (SSSR count). The van der Waals surface area contributed by atoms with Gasteiger partial charge in [0.2, 0.25) is 5.91 Å². The Labute approximate surface area is 138 Å². The minimum absolute atomic E-state index is 0.170. The van der Waals surface area contributed by atoms with Gasteiger partial charge in [0.15, 0.2) is 0 Å². The quantitative estimate of drug-likeness (QED) is 0.844. The lowest BCUT2D eigenvalue weighted by atomic mass is 9.93. The minimum Gasteiger partial charge on any atom is -0.357 e. The first-order chi connectivity index (χ1) is 11.3. The van der Waals surface area contributed by atoms with Crippen molar-refractivity contribution in [3.05, 3.63) is 23.9 Å². The molecule has 0 aromatic carbocycles. The summed E-state index contributed by atoms with van der Waals surface area (Å²) in [4.78, 5) is 18.8. The lowest BCUT2D eigenvalue weighted by molar-refractivity contribution is -0.121. The zero-order chi connectivity index (χ0) is 15.9. The van der Waals surface area contributed by atoms with Crippen LogP contribution in [0, 0.1) is 5.92 Å². The van der Waals surface area contributed by atoms with E-state index in [2.05, 4.69) is 26.6 Å². The van der Waals surface area contributed by atoms with Gasteiger partial charge in [-0.1, -0.05) is 0 Å². The van der Waals surface area contributed by atoms with Gasteiger partial charge in [-0.05, 0) is 68.8 Å². The van der Waals surface area contributed by atoms with E-state index in [0.29, 0.717) is 18.9 Å². The second-order valence-corrected chi connectivity index (χ2v) is 6.73. The van der Waals surface area contributed by atoms with Gasteiger partial charge < -0.3 is 15.5 Å². The van der Waals surface area contributed by atoms with Crippen LogP contribution in [0.5, 0.6) is 0 Å². The van der Waals surface area contributed by atoms with E-state index < -0.39 is 0 Å². The molecule has 2 fully saturated rings. The van der Waals surface area contributed by atoms with Crippen molar-refractivity contribution in [2.24, 2.45) is 5.92 Å². The Morgan fingerprint density at radius 3 is 2.87 bits per heavy atom. The molecule has 0 bridgehead atoms. The van der Waals surface area contributed by atoms with Gasteiger partial charge in [0.25, 0.3) is 0 Å². The van der Waals surface area contributed by atoms with Crippen molar-refractivity contribution in [1.29, 1.82) is 0 Å². The number of hydrogen-bond acceptors (Lipinski definition) is 4. The molecule has 0 radical (unpaired) electrons. The maximum absolute atomic E-state index is 12.0. The highest BCUT2D eigenvalue weighted by molar-refractivity contribution is 5.75. The number of carbonyl (C=O) groups is 1. The summed E-state index contributed by atoms with van der Waals surface area (Å²) in [6, 6.07) is 4.10. The van der Waals surface area contributed by atoms with Crippen molar-refractivity contribution < 1.29 is 4.79 Å². The number of amides is 1. The first kappa shape index (κ1) is 16.2.